The first-order valence-corrected chi connectivity index (χ1v) is 6.73. The van der Waals surface area contributed by atoms with E-state index < -0.39 is 0 Å². The molecular weight excluding hydrogens is 232 g/mol. The van der Waals surface area contributed by atoms with Gasteiger partial charge in [0, 0.05) is 12.0 Å². The lowest BCUT2D eigenvalue weighted by Crippen LogP contribution is -2.04. The Morgan fingerprint density at radius 3 is 2.05 bits per heavy atom. The van der Waals surface area contributed by atoms with E-state index in [2.05, 4.69) is 36.4 Å². The monoisotopic (exact) mass is 246 g/mol. The quantitative estimate of drug-likeness (QED) is 0.696. The molecule has 0 atom stereocenters. The Morgan fingerprint density at radius 2 is 1.26 bits per heavy atom. The molecule has 0 bridgehead atoms. The van der Waals surface area contributed by atoms with Gasteiger partial charge in [0.25, 0.3) is 0 Å². The molecule has 0 fully saturated rings. The summed E-state index contributed by atoms with van der Waals surface area (Å²) in [5.74, 6) is 0.282. The van der Waals surface area contributed by atoms with Crippen LogP contribution >= 0.6 is 0 Å². The molecule has 0 spiro atoms. The van der Waals surface area contributed by atoms with Crippen LogP contribution in [0, 0.1) is 0 Å². The Balaban J connectivity index is 1.87. The first kappa shape index (κ1) is 10.7. The zero-order chi connectivity index (χ0) is 12.8. The molecule has 0 saturated carbocycles. The van der Waals surface area contributed by atoms with Gasteiger partial charge in [0.1, 0.15) is 0 Å². The van der Waals surface area contributed by atoms with Crippen LogP contribution in [0.3, 0.4) is 0 Å². The van der Waals surface area contributed by atoms with Crippen LogP contribution in [0.15, 0.2) is 54.1 Å². The maximum atomic E-state index is 12.6. The van der Waals surface area contributed by atoms with E-state index in [1.807, 2.05) is 12.1 Å². The molecule has 2 aromatic rings. The Hall–Kier alpha value is -2.15. The molecule has 1 heteroatoms. The maximum absolute atomic E-state index is 12.6. The number of ketones is 1. The molecule has 0 aromatic heterocycles. The summed E-state index contributed by atoms with van der Waals surface area (Å²) in [6.45, 7) is 0. The van der Waals surface area contributed by atoms with Crippen LogP contribution in [-0.4, -0.2) is 5.78 Å². The summed E-state index contributed by atoms with van der Waals surface area (Å²) < 4.78 is 0. The summed E-state index contributed by atoms with van der Waals surface area (Å²) in [6.07, 6.45) is 2.40. The van der Waals surface area contributed by atoms with Crippen LogP contribution in [0.4, 0.5) is 0 Å². The highest BCUT2D eigenvalue weighted by Crippen LogP contribution is 2.38. The highest BCUT2D eigenvalue weighted by Gasteiger charge is 2.29. The largest absolute Gasteiger partial charge is 0.294 e. The highest BCUT2D eigenvalue weighted by atomic mass is 16.1. The summed E-state index contributed by atoms with van der Waals surface area (Å²) in [7, 11) is 0. The van der Waals surface area contributed by atoms with Crippen LogP contribution in [0.1, 0.15) is 22.3 Å². The molecule has 0 N–H and O–H groups in total. The lowest BCUT2D eigenvalue weighted by atomic mass is 9.97. The maximum Gasteiger partial charge on any atom is 0.167 e. The first-order chi connectivity index (χ1) is 9.33. The Bertz CT molecular complexity index is 722. The number of allylic oxidation sites excluding steroid dienone is 2. The number of carbonyl (C=O) groups is 1. The molecule has 0 saturated heterocycles. The van der Waals surface area contributed by atoms with E-state index in [-0.39, 0.29) is 5.78 Å². The van der Waals surface area contributed by atoms with Gasteiger partial charge < -0.3 is 0 Å². The minimum atomic E-state index is 0.282. The van der Waals surface area contributed by atoms with E-state index in [0.29, 0.717) is 6.42 Å². The van der Waals surface area contributed by atoms with Crippen molar-refractivity contribution in [2.24, 2.45) is 0 Å². The predicted octanol–water partition coefficient (Wildman–Crippen LogP) is 3.36. The molecular formula is C18H14O. The van der Waals surface area contributed by atoms with Crippen LogP contribution in [0.2, 0.25) is 0 Å². The van der Waals surface area contributed by atoms with Gasteiger partial charge in [-0.2, -0.15) is 0 Å². The SMILES string of the molecule is O=C1Cc2ccccc2CC2=C1c1ccccc1C2. The topological polar surface area (TPSA) is 17.1 Å². The third-order valence-corrected chi connectivity index (χ3v) is 4.20. The second-order valence-corrected chi connectivity index (χ2v) is 5.36. The second-order valence-electron chi connectivity index (χ2n) is 5.36. The minimum Gasteiger partial charge on any atom is -0.294 e. The van der Waals surface area contributed by atoms with Gasteiger partial charge in [-0.05, 0) is 40.7 Å². The van der Waals surface area contributed by atoms with E-state index in [1.54, 1.807) is 0 Å². The van der Waals surface area contributed by atoms with Crippen molar-refractivity contribution >= 4 is 11.4 Å². The number of fused-ring (bicyclic) bond motifs is 3. The van der Waals surface area contributed by atoms with Gasteiger partial charge in [0.2, 0.25) is 0 Å². The molecule has 2 aliphatic carbocycles. The Kier molecular flexibility index (Phi) is 2.22. The molecule has 0 amide bonds. The lowest BCUT2D eigenvalue weighted by molar-refractivity contribution is -0.113. The van der Waals surface area contributed by atoms with Crippen molar-refractivity contribution in [1.29, 1.82) is 0 Å². The number of rotatable bonds is 0. The second kappa shape index (κ2) is 3.92. The summed E-state index contributed by atoms with van der Waals surface area (Å²) in [4.78, 5) is 12.6. The number of Topliss-reactive ketones (excluding diaryl/α,β-unsaturated/α-hetero) is 1. The minimum absolute atomic E-state index is 0.282. The van der Waals surface area contributed by atoms with Crippen molar-refractivity contribution in [2.45, 2.75) is 19.3 Å². The fourth-order valence-corrected chi connectivity index (χ4v) is 3.32. The molecule has 2 aromatic carbocycles. The fourth-order valence-electron chi connectivity index (χ4n) is 3.32. The van der Waals surface area contributed by atoms with Crippen LogP contribution in [0.25, 0.3) is 5.57 Å². The first-order valence-electron chi connectivity index (χ1n) is 6.73. The number of hydrogen-bond acceptors (Lipinski definition) is 1. The molecule has 4 rings (SSSR count). The number of carbonyl (C=O) groups excluding carboxylic acids is 1. The van der Waals surface area contributed by atoms with Crippen molar-refractivity contribution in [3.05, 3.63) is 76.4 Å². The average Bonchev–Trinajstić information content (AvgIpc) is 2.72. The zero-order valence-corrected chi connectivity index (χ0v) is 10.6. The summed E-state index contributed by atoms with van der Waals surface area (Å²) >= 11 is 0. The standard InChI is InChI=1S/C18H14O/c19-17-11-13-6-2-1-5-12(13)9-15-10-14-7-3-4-8-16(14)18(15)17/h1-8H,9-11H2. The van der Waals surface area contributed by atoms with Gasteiger partial charge in [0.15, 0.2) is 5.78 Å². The summed E-state index contributed by atoms with van der Waals surface area (Å²) in [5, 5.41) is 0. The van der Waals surface area contributed by atoms with Gasteiger partial charge in [-0.25, -0.2) is 0 Å². The normalized spacial score (nSPS) is 16.7. The van der Waals surface area contributed by atoms with Crippen molar-refractivity contribution in [2.75, 3.05) is 0 Å². The van der Waals surface area contributed by atoms with Crippen molar-refractivity contribution in [3.8, 4) is 0 Å². The van der Waals surface area contributed by atoms with Crippen molar-refractivity contribution in [3.63, 3.8) is 0 Å². The Morgan fingerprint density at radius 1 is 0.684 bits per heavy atom. The molecule has 92 valence electrons. The van der Waals surface area contributed by atoms with Gasteiger partial charge >= 0.3 is 0 Å². The number of hydrogen-bond donors (Lipinski definition) is 0. The van der Waals surface area contributed by atoms with Gasteiger partial charge in [-0.15, -0.1) is 0 Å². The van der Waals surface area contributed by atoms with Gasteiger partial charge in [-0.1, -0.05) is 48.5 Å². The molecule has 1 nitrogen and oxygen atoms in total. The highest BCUT2D eigenvalue weighted by molar-refractivity contribution is 6.24. The third kappa shape index (κ3) is 1.58. The smallest absolute Gasteiger partial charge is 0.167 e. The van der Waals surface area contributed by atoms with Crippen LogP contribution in [-0.2, 0) is 24.1 Å². The zero-order valence-electron chi connectivity index (χ0n) is 10.6. The molecule has 19 heavy (non-hydrogen) atoms. The predicted molar refractivity (Wildman–Crippen MR) is 75.9 cm³/mol. The summed E-state index contributed by atoms with van der Waals surface area (Å²) in [5.41, 5.74) is 7.27. The Labute approximate surface area is 112 Å². The van der Waals surface area contributed by atoms with Gasteiger partial charge in [0.05, 0.1) is 0 Å². The summed E-state index contributed by atoms with van der Waals surface area (Å²) in [6, 6.07) is 16.6. The van der Waals surface area contributed by atoms with E-state index in [0.717, 1.165) is 24.0 Å². The van der Waals surface area contributed by atoms with Crippen molar-refractivity contribution < 1.29 is 4.79 Å². The van der Waals surface area contributed by atoms with Crippen LogP contribution < -0.4 is 0 Å². The lowest BCUT2D eigenvalue weighted by Gasteiger charge is -2.06. The van der Waals surface area contributed by atoms with Crippen molar-refractivity contribution in [1.82, 2.24) is 0 Å². The average molecular weight is 246 g/mol. The molecule has 0 radical (unpaired) electrons. The van der Waals surface area contributed by atoms with Crippen LogP contribution in [0.5, 0.6) is 0 Å². The molecule has 0 aliphatic heterocycles. The molecule has 0 unspecified atom stereocenters. The van der Waals surface area contributed by atoms with E-state index in [9.17, 15) is 4.79 Å². The van der Waals surface area contributed by atoms with E-state index in [4.69, 9.17) is 0 Å². The van der Waals surface area contributed by atoms with E-state index in [1.165, 1.54) is 22.3 Å². The van der Waals surface area contributed by atoms with E-state index >= 15 is 0 Å². The fraction of sp³-hybridized carbons (Fsp3) is 0.167. The third-order valence-electron chi connectivity index (χ3n) is 4.20. The van der Waals surface area contributed by atoms with Gasteiger partial charge in [-0.3, -0.25) is 4.79 Å². The molecule has 2 aliphatic rings. The number of benzene rings is 2. The molecule has 0 heterocycles.